The summed E-state index contributed by atoms with van der Waals surface area (Å²) in [6.45, 7) is 3.63. The maximum atomic E-state index is 13.0. The molecule has 88 valence electrons. The summed E-state index contributed by atoms with van der Waals surface area (Å²) in [5, 5.41) is 3.00. The number of hydrogen-bond donors (Lipinski definition) is 1. The minimum atomic E-state index is -0.365. The van der Waals surface area contributed by atoms with Crippen molar-refractivity contribution in [1.29, 1.82) is 0 Å². The average Bonchev–Trinajstić information content (AvgIpc) is 2.22. The summed E-state index contributed by atoms with van der Waals surface area (Å²) in [6, 6.07) is 4.12. The van der Waals surface area contributed by atoms with Gasteiger partial charge in [0.2, 0.25) is 5.91 Å². The van der Waals surface area contributed by atoms with E-state index in [4.69, 9.17) is 0 Å². The molecule has 0 radical (unpaired) electrons. The molecule has 0 aliphatic carbocycles. The third-order valence-electron chi connectivity index (χ3n) is 2.38. The number of anilines is 1. The number of rotatable bonds is 3. The molecular formula is C12H17FN2O. The molecule has 0 aliphatic rings. The first kappa shape index (κ1) is 12.5. The van der Waals surface area contributed by atoms with E-state index in [0.717, 1.165) is 5.56 Å². The van der Waals surface area contributed by atoms with Gasteiger partial charge in [0.1, 0.15) is 11.9 Å². The molecular weight excluding hydrogens is 207 g/mol. The summed E-state index contributed by atoms with van der Waals surface area (Å²) < 4.78 is 13.0. The van der Waals surface area contributed by atoms with Gasteiger partial charge in [-0.1, -0.05) is 6.07 Å². The molecule has 0 saturated carbocycles. The van der Waals surface area contributed by atoms with Crippen molar-refractivity contribution in [3.05, 3.63) is 29.6 Å². The molecule has 0 aromatic heterocycles. The number of nitrogens with one attached hydrogen (secondary N) is 1. The molecule has 0 spiro atoms. The predicted octanol–water partition coefficient (Wildman–Crippen LogP) is 2.02. The van der Waals surface area contributed by atoms with E-state index in [1.54, 1.807) is 27.1 Å². The van der Waals surface area contributed by atoms with Gasteiger partial charge < -0.3 is 10.2 Å². The lowest BCUT2D eigenvalue weighted by Crippen LogP contribution is -2.36. The van der Waals surface area contributed by atoms with E-state index in [9.17, 15) is 9.18 Å². The molecule has 0 aliphatic heterocycles. The number of aryl methyl sites for hydroxylation is 1. The smallest absolute Gasteiger partial charge is 0.244 e. The molecule has 0 heterocycles. The monoisotopic (exact) mass is 224 g/mol. The molecule has 1 rings (SSSR count). The molecule has 1 amide bonds. The van der Waals surface area contributed by atoms with Crippen LogP contribution < -0.4 is 5.32 Å². The van der Waals surface area contributed by atoms with Crippen molar-refractivity contribution in [2.24, 2.45) is 0 Å². The lowest BCUT2D eigenvalue weighted by Gasteiger charge is -2.20. The van der Waals surface area contributed by atoms with Crippen LogP contribution in [-0.4, -0.2) is 30.9 Å². The summed E-state index contributed by atoms with van der Waals surface area (Å²) in [4.78, 5) is 13.1. The predicted molar refractivity (Wildman–Crippen MR) is 62.9 cm³/mol. The molecule has 1 unspecified atom stereocenters. The molecule has 4 heteroatoms. The first-order valence-electron chi connectivity index (χ1n) is 5.15. The Kier molecular flexibility index (Phi) is 3.88. The van der Waals surface area contributed by atoms with Crippen LogP contribution in [0.4, 0.5) is 10.1 Å². The summed E-state index contributed by atoms with van der Waals surface area (Å²) in [6.07, 6.45) is 0. The quantitative estimate of drug-likeness (QED) is 0.852. The number of hydrogen-bond acceptors (Lipinski definition) is 2. The van der Waals surface area contributed by atoms with Crippen LogP contribution in [0.25, 0.3) is 0 Å². The highest BCUT2D eigenvalue weighted by atomic mass is 19.1. The van der Waals surface area contributed by atoms with Gasteiger partial charge in [-0.05, 0) is 31.5 Å². The van der Waals surface area contributed by atoms with Gasteiger partial charge in [0.25, 0.3) is 0 Å². The maximum Gasteiger partial charge on any atom is 0.244 e. The minimum Gasteiger partial charge on any atom is -0.374 e. The van der Waals surface area contributed by atoms with E-state index in [-0.39, 0.29) is 17.8 Å². The molecule has 1 aromatic rings. The number of nitrogens with zero attached hydrogens (tertiary/aromatic N) is 1. The van der Waals surface area contributed by atoms with Crippen molar-refractivity contribution in [3.63, 3.8) is 0 Å². The minimum absolute atomic E-state index is 0.0383. The number of likely N-dealkylation sites (N-methyl/N-ethyl adjacent to an activating group) is 1. The van der Waals surface area contributed by atoms with Gasteiger partial charge in [0.05, 0.1) is 0 Å². The second kappa shape index (κ2) is 4.96. The lowest BCUT2D eigenvalue weighted by atomic mass is 10.1. The second-order valence-electron chi connectivity index (χ2n) is 4.06. The Hall–Kier alpha value is -1.58. The molecule has 1 N–H and O–H groups in total. The Labute approximate surface area is 95.3 Å². The Morgan fingerprint density at radius 2 is 2.06 bits per heavy atom. The molecule has 0 bridgehead atoms. The Morgan fingerprint density at radius 3 is 2.62 bits per heavy atom. The largest absolute Gasteiger partial charge is 0.374 e. The van der Waals surface area contributed by atoms with Crippen LogP contribution >= 0.6 is 0 Å². The molecule has 3 nitrogen and oxygen atoms in total. The van der Waals surface area contributed by atoms with Gasteiger partial charge in [-0.3, -0.25) is 4.79 Å². The van der Waals surface area contributed by atoms with E-state index in [1.807, 2.05) is 6.92 Å². The van der Waals surface area contributed by atoms with Crippen molar-refractivity contribution in [3.8, 4) is 0 Å². The van der Waals surface area contributed by atoms with E-state index in [1.165, 1.54) is 17.0 Å². The summed E-state index contributed by atoms with van der Waals surface area (Å²) in [5.41, 5.74) is 1.57. The number of carbonyl (C=O) groups is 1. The van der Waals surface area contributed by atoms with E-state index < -0.39 is 0 Å². The van der Waals surface area contributed by atoms with E-state index >= 15 is 0 Å². The van der Waals surface area contributed by atoms with Crippen molar-refractivity contribution in [2.45, 2.75) is 19.9 Å². The number of halogens is 1. The Balaban J connectivity index is 2.80. The van der Waals surface area contributed by atoms with Crippen LogP contribution in [0.15, 0.2) is 18.2 Å². The molecule has 0 fully saturated rings. The molecule has 16 heavy (non-hydrogen) atoms. The van der Waals surface area contributed by atoms with Crippen LogP contribution in [0.3, 0.4) is 0 Å². The average molecular weight is 224 g/mol. The van der Waals surface area contributed by atoms with Crippen molar-refractivity contribution in [2.75, 3.05) is 19.4 Å². The SMILES string of the molecule is Cc1ccc(F)cc1NC(C)C(=O)N(C)C. The number of benzene rings is 1. The van der Waals surface area contributed by atoms with E-state index in [0.29, 0.717) is 5.69 Å². The van der Waals surface area contributed by atoms with Crippen LogP contribution in [0, 0.1) is 12.7 Å². The van der Waals surface area contributed by atoms with Crippen LogP contribution in [0.1, 0.15) is 12.5 Å². The van der Waals surface area contributed by atoms with Crippen molar-refractivity contribution >= 4 is 11.6 Å². The van der Waals surface area contributed by atoms with Crippen molar-refractivity contribution < 1.29 is 9.18 Å². The summed E-state index contributed by atoms with van der Waals surface area (Å²) in [7, 11) is 3.39. The fourth-order valence-corrected chi connectivity index (χ4v) is 1.43. The highest BCUT2D eigenvalue weighted by molar-refractivity contribution is 5.84. The number of carbonyl (C=O) groups excluding carboxylic acids is 1. The van der Waals surface area contributed by atoms with Gasteiger partial charge in [0, 0.05) is 19.8 Å². The highest BCUT2D eigenvalue weighted by Crippen LogP contribution is 2.17. The summed E-state index contributed by atoms with van der Waals surface area (Å²) in [5.74, 6) is -0.346. The van der Waals surface area contributed by atoms with Gasteiger partial charge in [0.15, 0.2) is 0 Å². The standard InChI is InChI=1S/C12H17FN2O/c1-8-5-6-10(13)7-11(8)14-9(2)12(16)15(3)4/h5-7,9,14H,1-4H3. The first-order valence-corrected chi connectivity index (χ1v) is 5.15. The molecule has 1 aromatic carbocycles. The van der Waals surface area contributed by atoms with Gasteiger partial charge in [-0.2, -0.15) is 0 Å². The number of amides is 1. The first-order chi connectivity index (χ1) is 7.41. The molecule has 1 atom stereocenters. The zero-order valence-electron chi connectivity index (χ0n) is 10.0. The zero-order chi connectivity index (χ0) is 12.3. The zero-order valence-corrected chi connectivity index (χ0v) is 10.0. The van der Waals surface area contributed by atoms with Gasteiger partial charge >= 0.3 is 0 Å². The van der Waals surface area contributed by atoms with Crippen molar-refractivity contribution in [1.82, 2.24) is 4.90 Å². The summed E-state index contributed by atoms with van der Waals surface area (Å²) >= 11 is 0. The fourth-order valence-electron chi connectivity index (χ4n) is 1.43. The third-order valence-corrected chi connectivity index (χ3v) is 2.38. The fraction of sp³-hybridized carbons (Fsp3) is 0.417. The van der Waals surface area contributed by atoms with Crippen LogP contribution in [0.5, 0.6) is 0 Å². The van der Waals surface area contributed by atoms with Gasteiger partial charge in [-0.15, -0.1) is 0 Å². The third kappa shape index (κ3) is 2.95. The maximum absolute atomic E-state index is 13.0. The Morgan fingerprint density at radius 1 is 1.44 bits per heavy atom. The normalized spacial score (nSPS) is 12.1. The van der Waals surface area contributed by atoms with Gasteiger partial charge in [-0.25, -0.2) is 4.39 Å². The van der Waals surface area contributed by atoms with Crippen LogP contribution in [0.2, 0.25) is 0 Å². The van der Waals surface area contributed by atoms with Crippen LogP contribution in [-0.2, 0) is 4.79 Å². The molecule has 0 saturated heterocycles. The highest BCUT2D eigenvalue weighted by Gasteiger charge is 2.15. The Bertz CT molecular complexity index is 391. The second-order valence-corrected chi connectivity index (χ2v) is 4.06. The lowest BCUT2D eigenvalue weighted by molar-refractivity contribution is -0.129. The topological polar surface area (TPSA) is 32.3 Å². The van der Waals surface area contributed by atoms with E-state index in [2.05, 4.69) is 5.32 Å².